The van der Waals surface area contributed by atoms with Crippen LogP contribution < -0.4 is 4.74 Å². The van der Waals surface area contributed by atoms with Crippen LogP contribution in [0, 0.1) is 6.92 Å². The third-order valence-electron chi connectivity index (χ3n) is 3.31. The molecule has 0 fully saturated rings. The first kappa shape index (κ1) is 12.7. The van der Waals surface area contributed by atoms with E-state index in [1.807, 2.05) is 19.1 Å². The Hall–Kier alpha value is -2.37. The average Bonchev–Trinajstić information content (AvgIpc) is 3.05. The van der Waals surface area contributed by atoms with Crippen molar-refractivity contribution in [3.8, 4) is 5.75 Å². The minimum atomic E-state index is -0.0397. The van der Waals surface area contributed by atoms with Gasteiger partial charge < -0.3 is 9.64 Å². The molecule has 0 bridgehead atoms. The Morgan fingerprint density at radius 3 is 3.10 bits per heavy atom. The minimum Gasteiger partial charge on any atom is -0.493 e. The first-order valence-electron chi connectivity index (χ1n) is 6.52. The van der Waals surface area contributed by atoms with Crippen molar-refractivity contribution in [2.24, 2.45) is 0 Å². The predicted octanol–water partition coefficient (Wildman–Crippen LogP) is 1.32. The van der Waals surface area contributed by atoms with Crippen LogP contribution in [0.25, 0.3) is 0 Å². The number of hydrogen-bond acceptors (Lipinski definition) is 4. The summed E-state index contributed by atoms with van der Waals surface area (Å²) in [7, 11) is 1.75. The lowest BCUT2D eigenvalue weighted by atomic mass is 10.1. The topological polar surface area (TPSA) is 71.1 Å². The van der Waals surface area contributed by atoms with Crippen LogP contribution in [0.1, 0.15) is 27.6 Å². The molecule has 1 aromatic carbocycles. The highest BCUT2D eigenvalue weighted by Gasteiger charge is 2.18. The van der Waals surface area contributed by atoms with E-state index in [9.17, 15) is 4.79 Å². The lowest BCUT2D eigenvalue weighted by Gasteiger charge is -2.15. The number of aromatic nitrogens is 3. The van der Waals surface area contributed by atoms with Crippen LogP contribution in [0.15, 0.2) is 18.2 Å². The van der Waals surface area contributed by atoms with E-state index < -0.39 is 0 Å². The SMILES string of the molecule is Cc1nc(CN(C)C(=O)c2ccc3c(c2)CCO3)n[nH]1. The van der Waals surface area contributed by atoms with E-state index in [4.69, 9.17) is 4.74 Å². The molecule has 1 amide bonds. The summed E-state index contributed by atoms with van der Waals surface area (Å²) in [5, 5.41) is 6.81. The van der Waals surface area contributed by atoms with E-state index in [0.717, 1.165) is 23.6 Å². The summed E-state index contributed by atoms with van der Waals surface area (Å²) in [6.45, 7) is 2.91. The molecule has 0 unspecified atom stereocenters. The van der Waals surface area contributed by atoms with Crippen LogP contribution in [-0.4, -0.2) is 39.6 Å². The van der Waals surface area contributed by atoms with E-state index in [1.165, 1.54) is 0 Å². The lowest BCUT2D eigenvalue weighted by molar-refractivity contribution is 0.0781. The Labute approximate surface area is 116 Å². The molecule has 3 rings (SSSR count). The molecule has 0 spiro atoms. The molecule has 0 atom stereocenters. The molecule has 20 heavy (non-hydrogen) atoms. The Morgan fingerprint density at radius 2 is 2.35 bits per heavy atom. The van der Waals surface area contributed by atoms with Crippen molar-refractivity contribution in [3.05, 3.63) is 41.0 Å². The molecule has 104 valence electrons. The highest BCUT2D eigenvalue weighted by Crippen LogP contribution is 2.26. The molecule has 6 nitrogen and oxygen atoms in total. The van der Waals surface area contributed by atoms with Gasteiger partial charge in [-0.1, -0.05) is 0 Å². The molecule has 1 aliphatic rings. The zero-order chi connectivity index (χ0) is 14.1. The Bertz CT molecular complexity index is 650. The Kier molecular flexibility index (Phi) is 3.14. The number of carbonyl (C=O) groups is 1. The van der Waals surface area contributed by atoms with Gasteiger partial charge in [-0.05, 0) is 30.7 Å². The summed E-state index contributed by atoms with van der Waals surface area (Å²) >= 11 is 0. The second-order valence-electron chi connectivity index (χ2n) is 4.92. The van der Waals surface area contributed by atoms with Crippen LogP contribution >= 0.6 is 0 Å². The lowest BCUT2D eigenvalue weighted by Crippen LogP contribution is -2.26. The van der Waals surface area contributed by atoms with Crippen molar-refractivity contribution in [1.29, 1.82) is 0 Å². The number of aromatic amines is 1. The van der Waals surface area contributed by atoms with Gasteiger partial charge in [0, 0.05) is 19.0 Å². The van der Waals surface area contributed by atoms with Crippen molar-refractivity contribution >= 4 is 5.91 Å². The molecular weight excluding hydrogens is 256 g/mol. The Morgan fingerprint density at radius 1 is 1.50 bits per heavy atom. The van der Waals surface area contributed by atoms with E-state index in [-0.39, 0.29) is 5.91 Å². The molecule has 2 aromatic rings. The maximum Gasteiger partial charge on any atom is 0.254 e. The van der Waals surface area contributed by atoms with Crippen molar-refractivity contribution in [3.63, 3.8) is 0 Å². The summed E-state index contributed by atoms with van der Waals surface area (Å²) < 4.78 is 5.44. The maximum absolute atomic E-state index is 12.4. The fourth-order valence-electron chi connectivity index (χ4n) is 2.28. The van der Waals surface area contributed by atoms with Gasteiger partial charge in [0.05, 0.1) is 13.2 Å². The number of aryl methyl sites for hydroxylation is 1. The summed E-state index contributed by atoms with van der Waals surface area (Å²) in [5.74, 6) is 2.20. The second kappa shape index (κ2) is 4.96. The summed E-state index contributed by atoms with van der Waals surface area (Å²) in [4.78, 5) is 18.2. The van der Waals surface area contributed by atoms with Gasteiger partial charge in [0.15, 0.2) is 5.82 Å². The summed E-state index contributed by atoms with van der Waals surface area (Å²) in [6.07, 6.45) is 0.861. The zero-order valence-electron chi connectivity index (χ0n) is 11.5. The number of benzene rings is 1. The molecule has 0 radical (unpaired) electrons. The number of ether oxygens (including phenoxy) is 1. The molecule has 6 heteroatoms. The number of hydrogen-bond donors (Lipinski definition) is 1. The quantitative estimate of drug-likeness (QED) is 0.914. The van der Waals surface area contributed by atoms with E-state index in [2.05, 4.69) is 15.2 Å². The number of carbonyl (C=O) groups excluding carboxylic acids is 1. The minimum absolute atomic E-state index is 0.0397. The molecule has 2 heterocycles. The standard InChI is InChI=1S/C14H16N4O2/c1-9-15-13(17-16-9)8-18(2)14(19)11-3-4-12-10(7-11)5-6-20-12/h3-4,7H,5-6,8H2,1-2H3,(H,15,16,17). The van der Waals surface area contributed by atoms with Gasteiger partial charge >= 0.3 is 0 Å². The normalized spacial score (nSPS) is 12.9. The highest BCUT2D eigenvalue weighted by atomic mass is 16.5. The number of H-pyrrole nitrogens is 1. The van der Waals surface area contributed by atoms with Gasteiger partial charge in [-0.2, -0.15) is 5.10 Å². The zero-order valence-corrected chi connectivity index (χ0v) is 11.5. The highest BCUT2D eigenvalue weighted by molar-refractivity contribution is 5.94. The van der Waals surface area contributed by atoms with Crippen LogP contribution in [0.5, 0.6) is 5.75 Å². The number of nitrogens with zero attached hydrogens (tertiary/aromatic N) is 3. The molecule has 1 aromatic heterocycles. The largest absolute Gasteiger partial charge is 0.493 e. The number of nitrogens with one attached hydrogen (secondary N) is 1. The van der Waals surface area contributed by atoms with Crippen molar-refractivity contribution in [2.75, 3.05) is 13.7 Å². The van der Waals surface area contributed by atoms with Gasteiger partial charge in [0.2, 0.25) is 0 Å². The van der Waals surface area contributed by atoms with Gasteiger partial charge in [0.25, 0.3) is 5.91 Å². The third kappa shape index (κ3) is 2.36. The first-order valence-corrected chi connectivity index (χ1v) is 6.52. The number of fused-ring (bicyclic) bond motifs is 1. The predicted molar refractivity (Wildman–Crippen MR) is 72.6 cm³/mol. The molecule has 1 aliphatic heterocycles. The van der Waals surface area contributed by atoms with Crippen LogP contribution in [-0.2, 0) is 13.0 Å². The third-order valence-corrected chi connectivity index (χ3v) is 3.31. The Balaban J connectivity index is 1.74. The van der Waals surface area contributed by atoms with Gasteiger partial charge in [0.1, 0.15) is 11.6 Å². The first-order chi connectivity index (χ1) is 9.63. The second-order valence-corrected chi connectivity index (χ2v) is 4.92. The monoisotopic (exact) mass is 272 g/mol. The van der Waals surface area contributed by atoms with Gasteiger partial charge in [-0.25, -0.2) is 4.98 Å². The van der Waals surface area contributed by atoms with Crippen molar-refractivity contribution in [1.82, 2.24) is 20.1 Å². The van der Waals surface area contributed by atoms with Crippen LogP contribution in [0.3, 0.4) is 0 Å². The van der Waals surface area contributed by atoms with Crippen LogP contribution in [0.2, 0.25) is 0 Å². The van der Waals surface area contributed by atoms with E-state index >= 15 is 0 Å². The molecule has 1 N–H and O–H groups in total. The fourth-order valence-corrected chi connectivity index (χ4v) is 2.28. The summed E-state index contributed by atoms with van der Waals surface area (Å²) in [6, 6.07) is 5.57. The van der Waals surface area contributed by atoms with Gasteiger partial charge in [-0.3, -0.25) is 9.89 Å². The average molecular weight is 272 g/mol. The van der Waals surface area contributed by atoms with E-state index in [1.54, 1.807) is 18.0 Å². The molecule has 0 aliphatic carbocycles. The number of rotatable bonds is 3. The summed E-state index contributed by atoms with van der Waals surface area (Å²) in [5.41, 5.74) is 1.77. The molecule has 0 saturated carbocycles. The smallest absolute Gasteiger partial charge is 0.254 e. The number of amides is 1. The maximum atomic E-state index is 12.4. The van der Waals surface area contributed by atoms with Gasteiger partial charge in [-0.15, -0.1) is 0 Å². The van der Waals surface area contributed by atoms with E-state index in [0.29, 0.717) is 24.5 Å². The van der Waals surface area contributed by atoms with Crippen LogP contribution in [0.4, 0.5) is 0 Å². The van der Waals surface area contributed by atoms with Crippen molar-refractivity contribution < 1.29 is 9.53 Å². The van der Waals surface area contributed by atoms with Crippen molar-refractivity contribution in [2.45, 2.75) is 19.9 Å². The fraction of sp³-hybridized carbons (Fsp3) is 0.357. The molecule has 0 saturated heterocycles. The molecular formula is C14H16N4O2.